The van der Waals surface area contributed by atoms with Crippen LogP contribution in [0.3, 0.4) is 0 Å². The van der Waals surface area contributed by atoms with Crippen molar-refractivity contribution in [2.45, 2.75) is 104 Å². The lowest BCUT2D eigenvalue weighted by Gasteiger charge is -2.27. The van der Waals surface area contributed by atoms with Crippen molar-refractivity contribution in [3.63, 3.8) is 0 Å². The largest absolute Gasteiger partial charge is 0.469 e. The number of amides is 1. The van der Waals surface area contributed by atoms with Crippen LogP contribution in [0, 0.1) is 23.7 Å². The van der Waals surface area contributed by atoms with Crippen LogP contribution in [0.5, 0.6) is 0 Å². The molecule has 2 rings (SSSR count). The van der Waals surface area contributed by atoms with E-state index in [4.69, 9.17) is 19.9 Å². The summed E-state index contributed by atoms with van der Waals surface area (Å²) in [4.78, 5) is 72.6. The number of rotatable bonds is 20. The van der Waals surface area contributed by atoms with Gasteiger partial charge in [-0.3, -0.25) is 28.8 Å². The Kier molecular flexibility index (Phi) is 21.0. The number of carbonyl (C=O) groups excluding carboxylic acids is 6. The average Bonchev–Trinajstić information content (AvgIpc) is 3.09. The summed E-state index contributed by atoms with van der Waals surface area (Å²) in [6, 6.07) is 17.3. The summed E-state index contributed by atoms with van der Waals surface area (Å²) in [6.07, 6.45) is -0.945. The number of aliphatic hydroxyl groups is 1. The van der Waals surface area contributed by atoms with Gasteiger partial charge in [-0.25, -0.2) is 0 Å². The van der Waals surface area contributed by atoms with Gasteiger partial charge < -0.3 is 30.4 Å². The predicted octanol–water partition coefficient (Wildman–Crippen LogP) is 4.17. The van der Waals surface area contributed by atoms with Crippen molar-refractivity contribution in [3.05, 3.63) is 71.8 Å². The fourth-order valence-electron chi connectivity index (χ4n) is 5.87. The van der Waals surface area contributed by atoms with Crippen molar-refractivity contribution in [2.24, 2.45) is 29.4 Å². The summed E-state index contributed by atoms with van der Waals surface area (Å²) in [5.41, 5.74) is 7.78. The van der Waals surface area contributed by atoms with Gasteiger partial charge in [0.1, 0.15) is 6.10 Å². The minimum atomic E-state index is -1.28. The highest BCUT2D eigenvalue weighted by Gasteiger charge is 2.35. The second-order valence-corrected chi connectivity index (χ2v) is 13.9. The first-order valence-electron chi connectivity index (χ1n) is 17.7. The van der Waals surface area contributed by atoms with Crippen molar-refractivity contribution < 1.29 is 48.1 Å². The van der Waals surface area contributed by atoms with Gasteiger partial charge in [0.15, 0.2) is 17.7 Å². The number of esters is 3. The zero-order valence-electron chi connectivity index (χ0n) is 31.8. The summed E-state index contributed by atoms with van der Waals surface area (Å²) in [5.74, 6) is -3.46. The minimum Gasteiger partial charge on any atom is -0.469 e. The number of ether oxygens (including phenoxy) is 3. The molecular weight excluding hydrogens is 668 g/mol. The van der Waals surface area contributed by atoms with Gasteiger partial charge in [0.2, 0.25) is 5.91 Å². The van der Waals surface area contributed by atoms with Gasteiger partial charge >= 0.3 is 17.9 Å². The van der Waals surface area contributed by atoms with Crippen LogP contribution in [0.2, 0.25) is 0 Å². The van der Waals surface area contributed by atoms with Crippen LogP contribution >= 0.6 is 0 Å². The van der Waals surface area contributed by atoms with Crippen molar-refractivity contribution in [2.75, 3.05) is 14.2 Å². The molecule has 12 nitrogen and oxygen atoms in total. The van der Waals surface area contributed by atoms with E-state index in [0.717, 1.165) is 11.1 Å². The fourth-order valence-corrected chi connectivity index (χ4v) is 5.87. The number of Topliss-reactive ketones (excluding diaryl/α,β-unsaturated/α-hetero) is 2. The molecule has 2 aromatic carbocycles. The Balaban J connectivity index is 0.000000534. The third kappa shape index (κ3) is 17.7. The molecule has 0 aliphatic rings. The maximum Gasteiger partial charge on any atom is 0.309 e. The molecule has 4 N–H and O–H groups in total. The van der Waals surface area contributed by atoms with Crippen LogP contribution in [-0.2, 0) is 55.8 Å². The molecule has 0 aromatic heterocycles. The van der Waals surface area contributed by atoms with Gasteiger partial charge in [0.25, 0.3) is 0 Å². The van der Waals surface area contributed by atoms with Crippen LogP contribution in [0.15, 0.2) is 60.7 Å². The van der Waals surface area contributed by atoms with E-state index < -0.39 is 65.6 Å². The highest BCUT2D eigenvalue weighted by Crippen LogP contribution is 2.22. The highest BCUT2D eigenvalue weighted by molar-refractivity contribution is 5.90. The third-order valence-electron chi connectivity index (χ3n) is 8.19. The van der Waals surface area contributed by atoms with Crippen molar-refractivity contribution in [1.29, 1.82) is 0 Å². The van der Waals surface area contributed by atoms with Crippen molar-refractivity contribution >= 4 is 35.4 Å². The molecular formula is C40H58N2O10. The number of ketones is 2. The molecule has 0 spiro atoms. The first-order valence-corrected chi connectivity index (χ1v) is 17.7. The smallest absolute Gasteiger partial charge is 0.309 e. The second-order valence-electron chi connectivity index (χ2n) is 13.9. The minimum absolute atomic E-state index is 0.0471. The summed E-state index contributed by atoms with van der Waals surface area (Å²) >= 11 is 0. The molecule has 0 unspecified atom stereocenters. The van der Waals surface area contributed by atoms with E-state index in [-0.39, 0.29) is 30.6 Å². The molecule has 0 saturated heterocycles. The van der Waals surface area contributed by atoms with Gasteiger partial charge in [-0.05, 0) is 48.6 Å². The molecule has 0 fully saturated rings. The molecule has 288 valence electrons. The van der Waals surface area contributed by atoms with Crippen molar-refractivity contribution in [1.82, 2.24) is 5.32 Å². The van der Waals surface area contributed by atoms with Crippen LogP contribution in [-0.4, -0.2) is 79.0 Å². The highest BCUT2D eigenvalue weighted by atomic mass is 16.5. The quantitative estimate of drug-likeness (QED) is 0.131. The Morgan fingerprint density at radius 1 is 0.692 bits per heavy atom. The number of methoxy groups -OCH3 is 2. The summed E-state index contributed by atoms with van der Waals surface area (Å²) in [7, 11) is 2.58. The summed E-state index contributed by atoms with van der Waals surface area (Å²) in [6.45, 7) is 10.4. The number of nitrogens with one attached hydrogen (secondary N) is 1. The summed E-state index contributed by atoms with van der Waals surface area (Å²) in [5, 5.41) is 12.9. The van der Waals surface area contributed by atoms with Crippen molar-refractivity contribution in [3.8, 4) is 0 Å². The van der Waals surface area contributed by atoms with E-state index in [0.29, 0.717) is 25.7 Å². The zero-order chi connectivity index (χ0) is 39.4. The lowest BCUT2D eigenvalue weighted by molar-refractivity contribution is -0.157. The first-order chi connectivity index (χ1) is 24.5. The van der Waals surface area contributed by atoms with Crippen LogP contribution < -0.4 is 11.1 Å². The number of nitrogens with two attached hydrogens (primary N) is 1. The Labute approximate surface area is 308 Å². The van der Waals surface area contributed by atoms with Crippen LogP contribution in [0.1, 0.15) is 78.4 Å². The van der Waals surface area contributed by atoms with E-state index in [2.05, 4.69) is 5.32 Å². The van der Waals surface area contributed by atoms with E-state index in [9.17, 15) is 33.9 Å². The van der Waals surface area contributed by atoms with E-state index in [1.807, 2.05) is 88.4 Å². The number of benzene rings is 2. The second kappa shape index (κ2) is 23.9. The maximum absolute atomic E-state index is 13.1. The van der Waals surface area contributed by atoms with Crippen LogP contribution in [0.4, 0.5) is 0 Å². The molecule has 0 heterocycles. The third-order valence-corrected chi connectivity index (χ3v) is 8.19. The number of hydrogen-bond donors (Lipinski definition) is 3. The van der Waals surface area contributed by atoms with Gasteiger partial charge in [0.05, 0.1) is 32.1 Å². The topological polar surface area (TPSA) is 188 Å². The number of carbonyl (C=O) groups is 6. The number of aliphatic hydroxyl groups excluding tert-OH is 1. The SMILES string of the molecule is COC(=O)[C@@H](CC(=O)[C@@H](O)[C@H](N)Cc1ccccc1)CC(C)C.COC(=O)[C@@H](CC(=O)[C@@H](OC(C)=O)[C@@H](Cc1ccccc1)NC(C)=O)CC(C)C. The van der Waals surface area contributed by atoms with E-state index in [1.54, 1.807) is 0 Å². The Morgan fingerprint density at radius 2 is 1.12 bits per heavy atom. The molecule has 1 amide bonds. The standard InChI is InChI=1S/C22H31NO6.C18H27NO4/c1-14(2)11-18(22(27)28-5)13-20(26)21(29-16(4)25)19(23-15(3)24)12-17-9-7-6-8-10-17;1-12(2)9-14(18(22)23-3)11-16(20)17(21)15(19)10-13-7-5-4-6-8-13/h6-10,14,18-19,21H,11-13H2,1-5H3,(H,23,24);4-8,12,14-15,17,21H,9-11,19H2,1-3H3/t18-,19-,21+;14-,15-,17+/m11/s1. The van der Waals surface area contributed by atoms with Gasteiger partial charge in [-0.15, -0.1) is 0 Å². The number of hydrogen-bond acceptors (Lipinski definition) is 11. The molecule has 0 radical (unpaired) electrons. The molecule has 0 bridgehead atoms. The molecule has 0 aliphatic heterocycles. The molecule has 0 saturated carbocycles. The van der Waals surface area contributed by atoms with Gasteiger partial charge in [-0.2, -0.15) is 0 Å². The lowest BCUT2D eigenvalue weighted by Crippen LogP contribution is -2.50. The lowest BCUT2D eigenvalue weighted by atomic mass is 9.88. The van der Waals surface area contributed by atoms with E-state index in [1.165, 1.54) is 28.1 Å². The monoisotopic (exact) mass is 726 g/mol. The summed E-state index contributed by atoms with van der Waals surface area (Å²) < 4.78 is 14.9. The van der Waals surface area contributed by atoms with Gasteiger partial charge in [0, 0.05) is 32.7 Å². The predicted molar refractivity (Wildman–Crippen MR) is 197 cm³/mol. The molecule has 6 atom stereocenters. The van der Waals surface area contributed by atoms with E-state index >= 15 is 0 Å². The average molecular weight is 727 g/mol. The Bertz CT molecular complexity index is 1410. The first kappa shape index (κ1) is 45.6. The molecule has 0 aliphatic carbocycles. The molecule has 2 aromatic rings. The zero-order valence-corrected chi connectivity index (χ0v) is 31.8. The van der Waals surface area contributed by atoms with Crippen LogP contribution in [0.25, 0.3) is 0 Å². The fraction of sp³-hybridized carbons (Fsp3) is 0.550. The maximum atomic E-state index is 13.1. The normalized spacial score (nSPS) is 14.4. The molecule has 12 heteroatoms. The Morgan fingerprint density at radius 3 is 1.50 bits per heavy atom. The Hall–Kier alpha value is -4.42. The molecule has 52 heavy (non-hydrogen) atoms. The van der Waals surface area contributed by atoms with Gasteiger partial charge in [-0.1, -0.05) is 88.4 Å².